The van der Waals surface area contributed by atoms with E-state index in [0.29, 0.717) is 36.0 Å². The van der Waals surface area contributed by atoms with Crippen molar-refractivity contribution in [1.82, 2.24) is 0 Å². The van der Waals surface area contributed by atoms with Crippen molar-refractivity contribution in [2.45, 2.75) is 13.8 Å². The second kappa shape index (κ2) is 10.5. The molecule has 2 aromatic rings. The average Bonchev–Trinajstić information content (AvgIpc) is 2.67. The predicted molar refractivity (Wildman–Crippen MR) is 119 cm³/mol. The number of hydrogen-bond acceptors (Lipinski definition) is 4. The summed E-state index contributed by atoms with van der Waals surface area (Å²) in [7, 11) is 0. The van der Waals surface area contributed by atoms with Crippen molar-refractivity contribution in [2.75, 3.05) is 18.5 Å². The molecule has 0 aliphatic carbocycles. The number of benzene rings is 2. The second-order valence-electron chi connectivity index (χ2n) is 5.85. The van der Waals surface area contributed by atoms with Gasteiger partial charge in [-0.15, -0.1) is 0 Å². The molecular formula is C22H21IN2O3. The average molecular weight is 488 g/mol. The van der Waals surface area contributed by atoms with Crippen molar-refractivity contribution in [3.8, 4) is 17.6 Å². The maximum Gasteiger partial charge on any atom is 0.266 e. The monoisotopic (exact) mass is 488 g/mol. The number of carbonyl (C=O) groups is 1. The summed E-state index contributed by atoms with van der Waals surface area (Å²) in [5.41, 5.74) is 2.40. The fourth-order valence-corrected chi connectivity index (χ4v) is 3.15. The van der Waals surface area contributed by atoms with Crippen LogP contribution in [0.25, 0.3) is 6.08 Å². The first-order chi connectivity index (χ1) is 13.5. The highest BCUT2D eigenvalue weighted by molar-refractivity contribution is 14.1. The summed E-state index contributed by atoms with van der Waals surface area (Å²) in [5.74, 6) is 0.701. The van der Waals surface area contributed by atoms with Gasteiger partial charge >= 0.3 is 0 Å². The van der Waals surface area contributed by atoms with Crippen LogP contribution < -0.4 is 14.8 Å². The second-order valence-corrected chi connectivity index (χ2v) is 7.01. The number of ether oxygens (including phenoxy) is 2. The third-order valence-corrected chi connectivity index (χ3v) is 4.46. The molecule has 0 aromatic heterocycles. The molecule has 0 heterocycles. The van der Waals surface area contributed by atoms with Gasteiger partial charge in [0, 0.05) is 5.69 Å². The Labute approximate surface area is 178 Å². The predicted octanol–water partition coefficient (Wildman–Crippen LogP) is 5.11. The van der Waals surface area contributed by atoms with E-state index in [9.17, 15) is 10.1 Å². The minimum absolute atomic E-state index is 0.00131. The Balaban J connectivity index is 2.31. The van der Waals surface area contributed by atoms with Crippen LogP contribution in [0.3, 0.4) is 0 Å². The summed E-state index contributed by atoms with van der Waals surface area (Å²) >= 11 is 2.14. The van der Waals surface area contributed by atoms with Crippen molar-refractivity contribution in [1.29, 1.82) is 5.26 Å². The van der Waals surface area contributed by atoms with Gasteiger partial charge < -0.3 is 14.8 Å². The smallest absolute Gasteiger partial charge is 0.266 e. The topological polar surface area (TPSA) is 71.3 Å². The Kier molecular flexibility index (Phi) is 8.08. The molecule has 0 atom stereocenters. The first kappa shape index (κ1) is 21.5. The van der Waals surface area contributed by atoms with E-state index in [4.69, 9.17) is 9.47 Å². The van der Waals surface area contributed by atoms with Crippen LogP contribution >= 0.6 is 22.6 Å². The number of amides is 1. The molecular weight excluding hydrogens is 467 g/mol. The number of aryl methyl sites for hydroxylation is 1. The Morgan fingerprint density at radius 3 is 2.61 bits per heavy atom. The highest BCUT2D eigenvalue weighted by Gasteiger charge is 2.14. The molecule has 5 nitrogen and oxygen atoms in total. The largest absolute Gasteiger partial charge is 0.490 e. The summed E-state index contributed by atoms with van der Waals surface area (Å²) in [6.45, 7) is 8.31. The van der Waals surface area contributed by atoms with E-state index in [-0.39, 0.29) is 5.57 Å². The van der Waals surface area contributed by atoms with Gasteiger partial charge in [0.15, 0.2) is 11.5 Å². The third-order valence-electron chi connectivity index (χ3n) is 3.66. The van der Waals surface area contributed by atoms with Crippen LogP contribution in [0.2, 0.25) is 0 Å². The highest BCUT2D eigenvalue weighted by atomic mass is 127. The van der Waals surface area contributed by atoms with Gasteiger partial charge in [-0.2, -0.15) is 5.26 Å². The van der Waals surface area contributed by atoms with E-state index < -0.39 is 5.91 Å². The number of rotatable bonds is 8. The molecule has 6 heteroatoms. The van der Waals surface area contributed by atoms with Gasteiger partial charge in [-0.1, -0.05) is 30.4 Å². The highest BCUT2D eigenvalue weighted by Crippen LogP contribution is 2.35. The molecule has 0 bridgehead atoms. The molecule has 0 fully saturated rings. The van der Waals surface area contributed by atoms with Gasteiger partial charge in [-0.25, -0.2) is 0 Å². The summed E-state index contributed by atoms with van der Waals surface area (Å²) in [5, 5.41) is 12.2. The lowest BCUT2D eigenvalue weighted by molar-refractivity contribution is -0.112. The van der Waals surface area contributed by atoms with Gasteiger partial charge in [0.05, 0.1) is 10.2 Å². The lowest BCUT2D eigenvalue weighted by atomic mass is 10.1. The molecule has 28 heavy (non-hydrogen) atoms. The summed E-state index contributed by atoms with van der Waals surface area (Å²) in [6.07, 6.45) is 3.19. The first-order valence-corrected chi connectivity index (χ1v) is 9.76. The lowest BCUT2D eigenvalue weighted by Crippen LogP contribution is -2.13. The van der Waals surface area contributed by atoms with Crippen LogP contribution in [0.15, 0.2) is 54.6 Å². The zero-order valence-corrected chi connectivity index (χ0v) is 17.9. The van der Waals surface area contributed by atoms with E-state index in [1.54, 1.807) is 24.3 Å². The van der Waals surface area contributed by atoms with Gasteiger partial charge in [0.2, 0.25) is 0 Å². The SMILES string of the molecule is C=CCOc1c(I)cc(/C=C(/C#N)C(=O)Nc2ccc(C)cc2)cc1OCC. The fourth-order valence-electron chi connectivity index (χ4n) is 2.37. The Morgan fingerprint density at radius 2 is 2.00 bits per heavy atom. The molecule has 1 N–H and O–H groups in total. The zero-order chi connectivity index (χ0) is 20.5. The molecule has 0 aliphatic heterocycles. The Hall–Kier alpha value is -2.79. The van der Waals surface area contributed by atoms with Gasteiger partial charge in [0.25, 0.3) is 5.91 Å². The minimum atomic E-state index is -0.466. The van der Waals surface area contributed by atoms with Gasteiger partial charge in [-0.3, -0.25) is 4.79 Å². The van der Waals surface area contributed by atoms with E-state index in [2.05, 4.69) is 34.5 Å². The van der Waals surface area contributed by atoms with Crippen LogP contribution in [0.1, 0.15) is 18.1 Å². The molecule has 144 valence electrons. The van der Waals surface area contributed by atoms with Crippen molar-refractivity contribution in [2.24, 2.45) is 0 Å². The standard InChI is InChI=1S/C22H21IN2O3/c1-4-10-28-21-19(23)12-16(13-20(21)27-5-2)11-17(14-24)22(26)25-18-8-6-15(3)7-9-18/h4,6-9,11-13H,1,5,10H2,2-3H3,(H,25,26)/b17-11-. The fraction of sp³-hybridized carbons (Fsp3) is 0.182. The van der Waals surface area contributed by atoms with Gasteiger partial charge in [-0.05, 0) is 72.3 Å². The number of carbonyl (C=O) groups excluding carboxylic acids is 1. The minimum Gasteiger partial charge on any atom is -0.490 e. The number of nitrogens with one attached hydrogen (secondary N) is 1. The maximum atomic E-state index is 12.5. The van der Waals surface area contributed by atoms with Crippen LogP contribution in [-0.4, -0.2) is 19.1 Å². The number of nitrogens with zero attached hydrogens (tertiary/aromatic N) is 1. The van der Waals surface area contributed by atoms with Crippen molar-refractivity contribution < 1.29 is 14.3 Å². The molecule has 1 amide bonds. The normalized spacial score (nSPS) is 10.7. The Bertz CT molecular complexity index is 928. The first-order valence-electron chi connectivity index (χ1n) is 8.68. The van der Waals surface area contributed by atoms with Crippen molar-refractivity contribution in [3.05, 3.63) is 69.3 Å². The number of nitriles is 1. The number of hydrogen-bond donors (Lipinski definition) is 1. The van der Waals surface area contributed by atoms with Crippen molar-refractivity contribution >= 4 is 40.3 Å². The molecule has 0 saturated heterocycles. The van der Waals surface area contributed by atoms with E-state index in [1.165, 1.54) is 6.08 Å². The van der Waals surface area contributed by atoms with Crippen LogP contribution in [0.4, 0.5) is 5.69 Å². The number of anilines is 1. The van der Waals surface area contributed by atoms with Crippen LogP contribution in [0.5, 0.6) is 11.5 Å². The molecule has 2 aromatic carbocycles. The van der Waals surface area contributed by atoms with E-state index >= 15 is 0 Å². The van der Waals surface area contributed by atoms with Crippen molar-refractivity contribution in [3.63, 3.8) is 0 Å². The van der Waals surface area contributed by atoms with Gasteiger partial charge in [0.1, 0.15) is 18.2 Å². The Morgan fingerprint density at radius 1 is 1.29 bits per heavy atom. The summed E-state index contributed by atoms with van der Waals surface area (Å²) in [4.78, 5) is 12.5. The van der Waals surface area contributed by atoms with Crippen LogP contribution in [0, 0.1) is 21.8 Å². The molecule has 2 rings (SSSR count). The third kappa shape index (κ3) is 5.86. The molecule has 0 spiro atoms. The molecule has 0 unspecified atom stereocenters. The lowest BCUT2D eigenvalue weighted by Gasteiger charge is -2.14. The van der Waals surface area contributed by atoms with E-state index in [1.807, 2.05) is 38.1 Å². The summed E-state index contributed by atoms with van der Waals surface area (Å²) < 4.78 is 12.2. The van der Waals surface area contributed by atoms with Crippen LogP contribution in [-0.2, 0) is 4.79 Å². The molecule has 0 aliphatic rings. The maximum absolute atomic E-state index is 12.5. The molecule has 0 saturated carbocycles. The quantitative estimate of drug-likeness (QED) is 0.243. The number of halogens is 1. The van der Waals surface area contributed by atoms with E-state index in [0.717, 1.165) is 9.13 Å². The zero-order valence-electron chi connectivity index (χ0n) is 15.8. The summed E-state index contributed by atoms with van der Waals surface area (Å²) in [6, 6.07) is 12.9. The molecule has 0 radical (unpaired) electrons.